The summed E-state index contributed by atoms with van der Waals surface area (Å²) in [7, 11) is 4.04. The second-order valence-electron chi connectivity index (χ2n) is 4.11. The largest absolute Gasteiger partial charge is 0.349 e. The molecule has 0 aliphatic rings. The molecule has 0 radical (unpaired) electrons. The first-order valence-corrected chi connectivity index (χ1v) is 5.99. The van der Waals surface area contributed by atoms with Crippen LogP contribution in [0.1, 0.15) is 12.0 Å². The highest BCUT2D eigenvalue weighted by molar-refractivity contribution is 6.35. The van der Waals surface area contributed by atoms with Crippen molar-refractivity contribution in [1.29, 1.82) is 0 Å². The van der Waals surface area contributed by atoms with Crippen LogP contribution in [-0.4, -0.2) is 18.2 Å². The van der Waals surface area contributed by atoms with Gasteiger partial charge in [-0.15, -0.1) is 0 Å². The molecule has 0 fully saturated rings. The van der Waals surface area contributed by atoms with Crippen LogP contribution in [0.5, 0.6) is 0 Å². The lowest BCUT2D eigenvalue weighted by molar-refractivity contribution is 0.725. The van der Waals surface area contributed by atoms with Gasteiger partial charge in [0.1, 0.15) is 0 Å². The molecule has 2 rings (SSSR count). The Morgan fingerprint density at radius 1 is 1.38 bits per heavy atom. The minimum atomic E-state index is 0.833. The second-order valence-corrected chi connectivity index (χ2v) is 4.52. The van der Waals surface area contributed by atoms with Gasteiger partial charge in [0.25, 0.3) is 0 Å². The lowest BCUT2D eigenvalue weighted by Crippen LogP contribution is -2.08. The monoisotopic (exact) mass is 236 g/mol. The van der Waals surface area contributed by atoms with Crippen LogP contribution in [0.15, 0.2) is 24.4 Å². The standard InChI is InChI=1S/C13H17ClN2/c1-15-8-4-5-10-9-16(2)13-11(10)6-3-7-12(13)14/h3,6-7,9,15H,4-5,8H2,1-2H3. The molecule has 1 aromatic heterocycles. The minimum absolute atomic E-state index is 0.833. The third-order valence-corrected chi connectivity index (χ3v) is 3.21. The number of aromatic nitrogens is 1. The molecule has 0 unspecified atom stereocenters. The number of benzene rings is 1. The van der Waals surface area contributed by atoms with Gasteiger partial charge in [-0.25, -0.2) is 0 Å². The fraction of sp³-hybridized carbons (Fsp3) is 0.385. The van der Waals surface area contributed by atoms with Crippen LogP contribution in [-0.2, 0) is 13.5 Å². The van der Waals surface area contributed by atoms with E-state index in [2.05, 4.69) is 29.2 Å². The fourth-order valence-electron chi connectivity index (χ4n) is 2.16. The number of para-hydroxylation sites is 1. The maximum Gasteiger partial charge on any atom is 0.0669 e. The molecule has 0 atom stereocenters. The molecule has 0 amide bonds. The zero-order valence-corrected chi connectivity index (χ0v) is 10.5. The SMILES string of the molecule is CNCCCc1cn(C)c2c(Cl)cccc12. The summed E-state index contributed by atoms with van der Waals surface area (Å²) in [6.07, 6.45) is 4.44. The molecule has 0 spiro atoms. The summed E-state index contributed by atoms with van der Waals surface area (Å²) in [6.45, 7) is 1.05. The highest BCUT2D eigenvalue weighted by Gasteiger charge is 2.08. The number of hydrogen-bond donors (Lipinski definition) is 1. The Morgan fingerprint density at radius 2 is 2.19 bits per heavy atom. The maximum absolute atomic E-state index is 6.20. The van der Waals surface area contributed by atoms with Crippen molar-refractivity contribution in [3.8, 4) is 0 Å². The zero-order valence-electron chi connectivity index (χ0n) is 9.76. The Morgan fingerprint density at radius 3 is 2.94 bits per heavy atom. The number of fused-ring (bicyclic) bond motifs is 1. The van der Waals surface area contributed by atoms with Crippen LogP contribution in [0.4, 0.5) is 0 Å². The van der Waals surface area contributed by atoms with Gasteiger partial charge >= 0.3 is 0 Å². The first-order valence-electron chi connectivity index (χ1n) is 5.61. The van der Waals surface area contributed by atoms with E-state index in [9.17, 15) is 0 Å². The van der Waals surface area contributed by atoms with Crippen molar-refractivity contribution in [2.75, 3.05) is 13.6 Å². The van der Waals surface area contributed by atoms with Gasteiger partial charge in [-0.3, -0.25) is 0 Å². The molecule has 1 heterocycles. The molecule has 2 nitrogen and oxygen atoms in total. The third kappa shape index (κ3) is 2.08. The Hall–Kier alpha value is -0.990. The number of hydrogen-bond acceptors (Lipinski definition) is 1. The molecule has 2 aromatic rings. The molecule has 0 aliphatic heterocycles. The molecule has 1 N–H and O–H groups in total. The van der Waals surface area contributed by atoms with E-state index < -0.39 is 0 Å². The van der Waals surface area contributed by atoms with E-state index in [1.54, 1.807) is 0 Å². The van der Waals surface area contributed by atoms with E-state index in [0.29, 0.717) is 0 Å². The van der Waals surface area contributed by atoms with Crippen LogP contribution in [0, 0.1) is 0 Å². The normalized spacial score (nSPS) is 11.2. The van der Waals surface area contributed by atoms with Gasteiger partial charge in [0, 0.05) is 18.6 Å². The van der Waals surface area contributed by atoms with Crippen molar-refractivity contribution in [1.82, 2.24) is 9.88 Å². The molecule has 0 bridgehead atoms. The summed E-state index contributed by atoms with van der Waals surface area (Å²) >= 11 is 6.20. The number of rotatable bonds is 4. The van der Waals surface area contributed by atoms with E-state index in [1.165, 1.54) is 10.9 Å². The topological polar surface area (TPSA) is 17.0 Å². The van der Waals surface area contributed by atoms with E-state index in [1.807, 2.05) is 19.2 Å². The molecule has 0 saturated carbocycles. The highest BCUT2D eigenvalue weighted by atomic mass is 35.5. The summed E-state index contributed by atoms with van der Waals surface area (Å²) in [5, 5.41) is 5.29. The van der Waals surface area contributed by atoms with Gasteiger partial charge in [-0.05, 0) is 38.1 Å². The van der Waals surface area contributed by atoms with Crippen LogP contribution in [0.3, 0.4) is 0 Å². The van der Waals surface area contributed by atoms with Crippen molar-refractivity contribution < 1.29 is 0 Å². The molecule has 1 aromatic carbocycles. The highest BCUT2D eigenvalue weighted by Crippen LogP contribution is 2.27. The summed E-state index contributed by atoms with van der Waals surface area (Å²) in [5.41, 5.74) is 2.53. The molecule has 0 saturated heterocycles. The first kappa shape index (κ1) is 11.5. The smallest absolute Gasteiger partial charge is 0.0669 e. The Kier molecular flexibility index (Phi) is 3.52. The van der Waals surface area contributed by atoms with E-state index >= 15 is 0 Å². The van der Waals surface area contributed by atoms with E-state index in [-0.39, 0.29) is 0 Å². The summed E-state index contributed by atoms with van der Waals surface area (Å²) in [6, 6.07) is 6.11. The number of aryl methyl sites for hydroxylation is 2. The van der Waals surface area contributed by atoms with Gasteiger partial charge in [0.05, 0.1) is 10.5 Å². The lowest BCUT2D eigenvalue weighted by atomic mass is 10.1. The number of nitrogens with one attached hydrogen (secondary N) is 1. The molecular formula is C13H17ClN2. The van der Waals surface area contributed by atoms with Gasteiger partial charge in [-0.1, -0.05) is 23.7 Å². The van der Waals surface area contributed by atoms with E-state index in [4.69, 9.17) is 11.6 Å². The Labute approximate surface area is 101 Å². The minimum Gasteiger partial charge on any atom is -0.349 e. The molecule has 16 heavy (non-hydrogen) atoms. The van der Waals surface area contributed by atoms with Gasteiger partial charge in [0.2, 0.25) is 0 Å². The summed E-state index contributed by atoms with van der Waals surface area (Å²) in [4.78, 5) is 0. The lowest BCUT2D eigenvalue weighted by Gasteiger charge is -2.00. The quantitative estimate of drug-likeness (QED) is 0.808. The predicted octanol–water partition coefficient (Wildman–Crippen LogP) is 2.98. The van der Waals surface area contributed by atoms with Crippen LogP contribution in [0.25, 0.3) is 10.9 Å². The van der Waals surface area contributed by atoms with Gasteiger partial charge < -0.3 is 9.88 Å². The zero-order chi connectivity index (χ0) is 11.5. The molecule has 86 valence electrons. The van der Waals surface area contributed by atoms with Crippen molar-refractivity contribution in [2.24, 2.45) is 7.05 Å². The van der Waals surface area contributed by atoms with Crippen molar-refractivity contribution in [3.63, 3.8) is 0 Å². The first-order chi connectivity index (χ1) is 7.74. The molecular weight excluding hydrogens is 220 g/mol. The van der Waals surface area contributed by atoms with Crippen LogP contribution < -0.4 is 5.32 Å². The van der Waals surface area contributed by atoms with E-state index in [0.717, 1.165) is 29.9 Å². The van der Waals surface area contributed by atoms with Crippen molar-refractivity contribution >= 4 is 22.5 Å². The maximum atomic E-state index is 6.20. The van der Waals surface area contributed by atoms with Crippen LogP contribution in [0.2, 0.25) is 5.02 Å². The fourth-order valence-corrected chi connectivity index (χ4v) is 2.46. The third-order valence-electron chi connectivity index (χ3n) is 2.91. The summed E-state index contributed by atoms with van der Waals surface area (Å²) in [5.74, 6) is 0. The second kappa shape index (κ2) is 4.89. The van der Waals surface area contributed by atoms with Gasteiger partial charge in [0.15, 0.2) is 0 Å². The van der Waals surface area contributed by atoms with Gasteiger partial charge in [-0.2, -0.15) is 0 Å². The molecule has 3 heteroatoms. The number of nitrogens with zero attached hydrogens (tertiary/aromatic N) is 1. The van der Waals surface area contributed by atoms with Crippen LogP contribution >= 0.6 is 11.6 Å². The Bertz CT molecular complexity index is 488. The van der Waals surface area contributed by atoms with Crippen molar-refractivity contribution in [3.05, 3.63) is 35.0 Å². The number of halogens is 1. The average molecular weight is 237 g/mol. The van der Waals surface area contributed by atoms with Crippen molar-refractivity contribution in [2.45, 2.75) is 12.8 Å². The Balaban J connectivity index is 2.36. The molecule has 0 aliphatic carbocycles. The average Bonchev–Trinajstić information content (AvgIpc) is 2.58. The predicted molar refractivity (Wildman–Crippen MR) is 70.2 cm³/mol. The summed E-state index contributed by atoms with van der Waals surface area (Å²) < 4.78 is 2.12.